The zero-order chi connectivity index (χ0) is 23.1. The van der Waals surface area contributed by atoms with E-state index in [-0.39, 0.29) is 17.1 Å². The summed E-state index contributed by atoms with van der Waals surface area (Å²) in [6.45, 7) is 2.08. The molecule has 0 radical (unpaired) electrons. The number of benzene rings is 3. The SMILES string of the molecule is CCc1ccc(N2C(=O)c3oc4ccccc4c(=O)c3C2c2ccc(OC)c(OC)c2)cc1. The number of para-hydroxylation sites is 1. The van der Waals surface area contributed by atoms with Crippen molar-refractivity contribution in [2.45, 2.75) is 19.4 Å². The fraction of sp³-hybridized carbons (Fsp3) is 0.185. The molecule has 1 unspecified atom stereocenters. The number of anilines is 1. The van der Waals surface area contributed by atoms with Crippen molar-refractivity contribution in [3.8, 4) is 11.5 Å². The number of hydrogen-bond acceptors (Lipinski definition) is 5. The molecule has 0 saturated heterocycles. The first kappa shape index (κ1) is 20.8. The molecular weight excluding hydrogens is 418 g/mol. The predicted octanol–water partition coefficient (Wildman–Crippen LogP) is 5.12. The summed E-state index contributed by atoms with van der Waals surface area (Å²) >= 11 is 0. The minimum Gasteiger partial charge on any atom is -0.493 e. The normalized spacial score (nSPS) is 15.1. The Hall–Kier alpha value is -4.06. The fourth-order valence-electron chi connectivity index (χ4n) is 4.42. The first-order valence-electron chi connectivity index (χ1n) is 10.8. The second-order valence-electron chi connectivity index (χ2n) is 7.88. The molecule has 1 amide bonds. The average molecular weight is 441 g/mol. The highest BCUT2D eigenvalue weighted by Gasteiger charge is 2.43. The monoisotopic (exact) mass is 441 g/mol. The number of fused-ring (bicyclic) bond motifs is 2. The molecule has 0 bridgehead atoms. The molecule has 0 N–H and O–H groups in total. The number of hydrogen-bond donors (Lipinski definition) is 0. The van der Waals surface area contributed by atoms with Crippen LogP contribution in [0.15, 0.2) is 75.9 Å². The lowest BCUT2D eigenvalue weighted by Gasteiger charge is -2.26. The number of rotatable bonds is 5. The van der Waals surface area contributed by atoms with Crippen molar-refractivity contribution in [1.82, 2.24) is 0 Å². The highest BCUT2D eigenvalue weighted by molar-refractivity contribution is 6.10. The van der Waals surface area contributed by atoms with Crippen LogP contribution in [0.25, 0.3) is 11.0 Å². The van der Waals surface area contributed by atoms with Crippen LogP contribution in [0.5, 0.6) is 11.5 Å². The minimum atomic E-state index is -0.666. The van der Waals surface area contributed by atoms with Crippen LogP contribution in [0.4, 0.5) is 5.69 Å². The number of aryl methyl sites for hydroxylation is 1. The zero-order valence-corrected chi connectivity index (χ0v) is 18.6. The van der Waals surface area contributed by atoms with Crippen LogP contribution >= 0.6 is 0 Å². The molecule has 0 fully saturated rings. The molecule has 2 heterocycles. The summed E-state index contributed by atoms with van der Waals surface area (Å²) in [5.41, 5.74) is 3.07. The quantitative estimate of drug-likeness (QED) is 0.430. The Morgan fingerprint density at radius 1 is 0.909 bits per heavy atom. The van der Waals surface area contributed by atoms with Crippen molar-refractivity contribution in [2.24, 2.45) is 0 Å². The van der Waals surface area contributed by atoms with Crippen LogP contribution in [0, 0.1) is 0 Å². The van der Waals surface area contributed by atoms with Crippen molar-refractivity contribution < 1.29 is 18.7 Å². The minimum absolute atomic E-state index is 0.0676. The van der Waals surface area contributed by atoms with Gasteiger partial charge in [-0.1, -0.05) is 37.3 Å². The summed E-state index contributed by atoms with van der Waals surface area (Å²) in [6.07, 6.45) is 0.888. The summed E-state index contributed by atoms with van der Waals surface area (Å²) in [6, 6.07) is 19.5. The van der Waals surface area contributed by atoms with Crippen LogP contribution < -0.4 is 19.8 Å². The van der Waals surface area contributed by atoms with Crippen LogP contribution in [-0.4, -0.2) is 20.1 Å². The van der Waals surface area contributed by atoms with Crippen LogP contribution in [0.3, 0.4) is 0 Å². The largest absolute Gasteiger partial charge is 0.493 e. The molecule has 6 nitrogen and oxygen atoms in total. The van der Waals surface area contributed by atoms with Crippen LogP contribution in [-0.2, 0) is 6.42 Å². The Morgan fingerprint density at radius 2 is 1.64 bits per heavy atom. The van der Waals surface area contributed by atoms with Crippen LogP contribution in [0.1, 0.15) is 40.2 Å². The van der Waals surface area contributed by atoms with E-state index < -0.39 is 6.04 Å². The number of ether oxygens (including phenoxy) is 2. The van der Waals surface area contributed by atoms with E-state index in [4.69, 9.17) is 13.9 Å². The van der Waals surface area contributed by atoms with E-state index in [2.05, 4.69) is 6.92 Å². The Morgan fingerprint density at radius 3 is 2.33 bits per heavy atom. The second-order valence-corrected chi connectivity index (χ2v) is 7.88. The lowest BCUT2D eigenvalue weighted by Crippen LogP contribution is -2.29. The van der Waals surface area contributed by atoms with E-state index in [0.717, 1.165) is 17.5 Å². The van der Waals surface area contributed by atoms with Gasteiger partial charge in [0, 0.05) is 5.69 Å². The van der Waals surface area contributed by atoms with Gasteiger partial charge in [0.05, 0.1) is 31.2 Å². The predicted molar refractivity (Wildman–Crippen MR) is 127 cm³/mol. The maximum absolute atomic E-state index is 13.6. The van der Waals surface area contributed by atoms with Gasteiger partial charge in [0.1, 0.15) is 5.58 Å². The van der Waals surface area contributed by atoms with Gasteiger partial charge >= 0.3 is 0 Å². The van der Waals surface area contributed by atoms with Gasteiger partial charge in [-0.15, -0.1) is 0 Å². The van der Waals surface area contributed by atoms with Crippen molar-refractivity contribution in [3.05, 3.63) is 99.4 Å². The number of carbonyl (C=O) groups is 1. The number of methoxy groups -OCH3 is 2. The molecule has 1 atom stereocenters. The first-order valence-corrected chi connectivity index (χ1v) is 10.8. The Labute approximate surface area is 191 Å². The molecule has 5 rings (SSSR count). The Kier molecular flexibility index (Phi) is 5.13. The van der Waals surface area contributed by atoms with E-state index in [0.29, 0.717) is 33.7 Å². The van der Waals surface area contributed by atoms with Gasteiger partial charge in [0.25, 0.3) is 5.91 Å². The van der Waals surface area contributed by atoms with Gasteiger partial charge < -0.3 is 13.9 Å². The molecule has 166 valence electrons. The van der Waals surface area contributed by atoms with E-state index in [1.807, 2.05) is 30.3 Å². The molecule has 0 saturated carbocycles. The Bertz CT molecular complexity index is 1420. The summed E-state index contributed by atoms with van der Waals surface area (Å²) in [5.74, 6) is 0.799. The summed E-state index contributed by atoms with van der Waals surface area (Å²) in [7, 11) is 3.12. The van der Waals surface area contributed by atoms with Gasteiger partial charge in [0.15, 0.2) is 16.9 Å². The molecule has 1 aliphatic heterocycles. The van der Waals surface area contributed by atoms with E-state index in [1.165, 1.54) is 0 Å². The molecule has 3 aromatic carbocycles. The van der Waals surface area contributed by atoms with Crippen molar-refractivity contribution in [1.29, 1.82) is 0 Å². The van der Waals surface area contributed by atoms with Crippen molar-refractivity contribution in [2.75, 3.05) is 19.1 Å². The maximum atomic E-state index is 13.6. The third-order valence-corrected chi connectivity index (χ3v) is 6.12. The molecule has 33 heavy (non-hydrogen) atoms. The maximum Gasteiger partial charge on any atom is 0.295 e. The van der Waals surface area contributed by atoms with Gasteiger partial charge in [-0.05, 0) is 53.9 Å². The van der Waals surface area contributed by atoms with Gasteiger partial charge in [-0.3, -0.25) is 14.5 Å². The highest BCUT2D eigenvalue weighted by Crippen LogP contribution is 2.43. The Balaban J connectivity index is 1.78. The molecule has 1 aliphatic rings. The van der Waals surface area contributed by atoms with Crippen molar-refractivity contribution >= 4 is 22.6 Å². The summed E-state index contributed by atoms with van der Waals surface area (Å²) in [4.78, 5) is 28.9. The molecule has 0 spiro atoms. The third kappa shape index (κ3) is 3.26. The lowest BCUT2D eigenvalue weighted by molar-refractivity contribution is 0.0971. The van der Waals surface area contributed by atoms with Crippen molar-refractivity contribution in [3.63, 3.8) is 0 Å². The number of nitrogens with zero attached hydrogens (tertiary/aromatic N) is 1. The summed E-state index contributed by atoms with van der Waals surface area (Å²) in [5, 5.41) is 0.442. The van der Waals surface area contributed by atoms with E-state index in [9.17, 15) is 9.59 Å². The van der Waals surface area contributed by atoms with E-state index >= 15 is 0 Å². The van der Waals surface area contributed by atoms with Gasteiger partial charge in [0.2, 0.25) is 5.76 Å². The average Bonchev–Trinajstić information content (AvgIpc) is 3.16. The molecular formula is C27H23NO5. The topological polar surface area (TPSA) is 69.0 Å². The van der Waals surface area contributed by atoms with Crippen LogP contribution in [0.2, 0.25) is 0 Å². The number of carbonyl (C=O) groups excluding carboxylic acids is 1. The zero-order valence-electron chi connectivity index (χ0n) is 18.6. The second kappa shape index (κ2) is 8.13. The van der Waals surface area contributed by atoms with Gasteiger partial charge in [-0.2, -0.15) is 0 Å². The molecule has 0 aliphatic carbocycles. The van der Waals surface area contributed by atoms with E-state index in [1.54, 1.807) is 55.5 Å². The highest BCUT2D eigenvalue weighted by atomic mass is 16.5. The smallest absolute Gasteiger partial charge is 0.295 e. The molecule has 6 heteroatoms. The summed E-state index contributed by atoms with van der Waals surface area (Å²) < 4.78 is 16.9. The standard InChI is InChI=1S/C27H23NO5/c1-4-16-9-12-18(13-10-16)28-24(17-11-14-21(31-2)22(15-17)32-3)23-25(29)19-7-5-6-8-20(19)33-26(23)27(28)30/h5-15,24H,4H2,1-3H3. The molecule has 4 aromatic rings. The van der Waals surface area contributed by atoms with Gasteiger partial charge in [-0.25, -0.2) is 0 Å². The lowest BCUT2D eigenvalue weighted by atomic mass is 9.97. The number of amides is 1. The molecule has 1 aromatic heterocycles. The fourth-order valence-corrected chi connectivity index (χ4v) is 4.42. The third-order valence-electron chi connectivity index (χ3n) is 6.12. The first-order chi connectivity index (χ1) is 16.1.